The van der Waals surface area contributed by atoms with Crippen LogP contribution < -0.4 is 21.7 Å². The predicted octanol–water partition coefficient (Wildman–Crippen LogP) is 1.63. The minimum absolute atomic E-state index is 0. The largest absolute Gasteiger partial charge is 2.00 e. The van der Waals surface area contributed by atoms with E-state index in [-0.39, 0.29) is 33.3 Å². The summed E-state index contributed by atoms with van der Waals surface area (Å²) in [4.78, 5) is 20.1. The third-order valence-electron chi connectivity index (χ3n) is 4.17. The molecule has 0 unspecified atom stereocenters. The Morgan fingerprint density at radius 2 is 0.704 bits per heavy atom. The van der Waals surface area contributed by atoms with Crippen molar-refractivity contribution < 1.29 is 40.2 Å². The van der Waals surface area contributed by atoms with Crippen LogP contribution in [0.1, 0.15) is 103 Å². The molecule has 0 aliphatic rings. The van der Waals surface area contributed by atoms with Gasteiger partial charge in [0.15, 0.2) is 0 Å². The van der Waals surface area contributed by atoms with Gasteiger partial charge in [0, 0.05) is 11.9 Å². The Labute approximate surface area is 179 Å². The number of hydrogen-bond donors (Lipinski definition) is 2. The number of carboxylic acid groups (broad SMARTS) is 2. The van der Waals surface area contributed by atoms with Crippen molar-refractivity contribution in [1.82, 2.24) is 0 Å². The van der Waals surface area contributed by atoms with Gasteiger partial charge in [-0.1, -0.05) is 64.2 Å². The average molecular weight is 479 g/mol. The van der Waals surface area contributed by atoms with Crippen molar-refractivity contribution in [3.05, 3.63) is 0 Å². The second-order valence-electron chi connectivity index (χ2n) is 6.77. The van der Waals surface area contributed by atoms with Crippen LogP contribution in [0.5, 0.6) is 0 Å². The van der Waals surface area contributed by atoms with Crippen LogP contribution in [0.15, 0.2) is 0 Å². The van der Waals surface area contributed by atoms with E-state index >= 15 is 0 Å². The zero-order valence-electron chi connectivity index (χ0n) is 16.8. The fourth-order valence-electron chi connectivity index (χ4n) is 2.60. The molecule has 7 heteroatoms. The SMILES string of the molecule is NCCCCCCCCCC(=O)[O-].NCCCCCCCCCC(=O)[O-].[Pd+2]. The molecular weight excluding hydrogens is 439 g/mol. The second-order valence-corrected chi connectivity index (χ2v) is 6.77. The van der Waals surface area contributed by atoms with Crippen molar-refractivity contribution >= 4 is 11.9 Å². The summed E-state index contributed by atoms with van der Waals surface area (Å²) in [6, 6.07) is 0. The number of carbonyl (C=O) groups is 2. The van der Waals surface area contributed by atoms with Gasteiger partial charge < -0.3 is 31.3 Å². The molecule has 0 atom stereocenters. The number of carbonyl (C=O) groups excluding carboxylic acids is 2. The summed E-state index contributed by atoms with van der Waals surface area (Å²) < 4.78 is 0. The van der Waals surface area contributed by atoms with Crippen LogP contribution in [0.25, 0.3) is 0 Å². The molecule has 0 aromatic carbocycles. The van der Waals surface area contributed by atoms with E-state index in [1.165, 1.54) is 38.5 Å². The Bertz CT molecular complexity index is 288. The molecule has 0 saturated carbocycles. The van der Waals surface area contributed by atoms with E-state index in [1.807, 2.05) is 0 Å². The van der Waals surface area contributed by atoms with Crippen molar-refractivity contribution in [3.63, 3.8) is 0 Å². The molecule has 0 aromatic heterocycles. The molecular formula is C20H40N2O4Pd. The zero-order valence-corrected chi connectivity index (χ0v) is 18.4. The summed E-state index contributed by atoms with van der Waals surface area (Å²) in [5.74, 6) is -1.86. The molecule has 0 rings (SSSR count). The van der Waals surface area contributed by atoms with Crippen LogP contribution in [0.4, 0.5) is 0 Å². The Balaban J connectivity index is -0.000000411. The molecule has 0 radical (unpaired) electrons. The molecule has 0 bridgehead atoms. The van der Waals surface area contributed by atoms with Crippen LogP contribution in [0.2, 0.25) is 0 Å². The van der Waals surface area contributed by atoms with Gasteiger partial charge in [0.25, 0.3) is 0 Å². The first-order valence-corrected chi connectivity index (χ1v) is 10.3. The summed E-state index contributed by atoms with van der Waals surface area (Å²) in [5.41, 5.74) is 10.7. The van der Waals surface area contributed by atoms with E-state index < -0.39 is 11.9 Å². The third kappa shape index (κ3) is 37.1. The van der Waals surface area contributed by atoms with E-state index in [9.17, 15) is 19.8 Å². The summed E-state index contributed by atoms with van der Waals surface area (Å²) in [6.45, 7) is 1.56. The summed E-state index contributed by atoms with van der Waals surface area (Å²) >= 11 is 0. The van der Waals surface area contributed by atoms with Gasteiger partial charge in [0.1, 0.15) is 0 Å². The number of carboxylic acids is 2. The maximum atomic E-state index is 10.0. The molecule has 4 N–H and O–H groups in total. The molecule has 0 aliphatic heterocycles. The Morgan fingerprint density at radius 1 is 0.481 bits per heavy atom. The molecule has 27 heavy (non-hydrogen) atoms. The maximum Gasteiger partial charge on any atom is 2.00 e. The van der Waals surface area contributed by atoms with Crippen LogP contribution in [-0.4, -0.2) is 25.0 Å². The van der Waals surface area contributed by atoms with E-state index in [0.29, 0.717) is 0 Å². The summed E-state index contributed by atoms with van der Waals surface area (Å²) in [7, 11) is 0. The molecule has 0 heterocycles. The van der Waals surface area contributed by atoms with Crippen molar-refractivity contribution in [2.75, 3.05) is 13.1 Å². The summed E-state index contributed by atoms with van der Waals surface area (Å²) in [6.07, 6.45) is 15.7. The Kier molecular flexibility index (Phi) is 32.1. The van der Waals surface area contributed by atoms with Gasteiger partial charge >= 0.3 is 20.4 Å². The first-order chi connectivity index (χ1) is 12.5. The van der Waals surface area contributed by atoms with Gasteiger partial charge in [0.05, 0.1) is 0 Å². The third-order valence-corrected chi connectivity index (χ3v) is 4.17. The second kappa shape index (κ2) is 27.7. The quantitative estimate of drug-likeness (QED) is 0.227. The zero-order chi connectivity index (χ0) is 19.9. The number of aliphatic carboxylic acids is 2. The van der Waals surface area contributed by atoms with Gasteiger partial charge in [-0.15, -0.1) is 0 Å². The molecule has 0 aromatic rings. The summed E-state index contributed by atoms with van der Waals surface area (Å²) in [5, 5.41) is 20.1. The van der Waals surface area contributed by atoms with E-state index in [0.717, 1.165) is 64.5 Å². The Hall–Kier alpha value is -0.478. The normalized spacial score (nSPS) is 9.85. The first-order valence-electron chi connectivity index (χ1n) is 10.3. The first kappa shape index (κ1) is 31.2. The fourth-order valence-corrected chi connectivity index (χ4v) is 2.60. The molecule has 0 saturated heterocycles. The van der Waals surface area contributed by atoms with Crippen LogP contribution >= 0.6 is 0 Å². The van der Waals surface area contributed by atoms with Crippen LogP contribution in [-0.2, 0) is 30.0 Å². The van der Waals surface area contributed by atoms with Crippen molar-refractivity contribution in [1.29, 1.82) is 0 Å². The van der Waals surface area contributed by atoms with Crippen LogP contribution in [0, 0.1) is 0 Å². The van der Waals surface area contributed by atoms with Crippen molar-refractivity contribution in [3.8, 4) is 0 Å². The van der Waals surface area contributed by atoms with Gasteiger partial charge in [0.2, 0.25) is 0 Å². The van der Waals surface area contributed by atoms with Crippen molar-refractivity contribution in [2.24, 2.45) is 11.5 Å². The number of rotatable bonds is 18. The van der Waals surface area contributed by atoms with E-state index in [4.69, 9.17) is 11.5 Å². The molecule has 0 spiro atoms. The topological polar surface area (TPSA) is 132 Å². The van der Waals surface area contributed by atoms with Gasteiger partial charge in [-0.25, -0.2) is 0 Å². The monoisotopic (exact) mass is 478 g/mol. The van der Waals surface area contributed by atoms with E-state index in [1.54, 1.807) is 0 Å². The fraction of sp³-hybridized carbons (Fsp3) is 0.900. The Morgan fingerprint density at radius 3 is 0.926 bits per heavy atom. The van der Waals surface area contributed by atoms with E-state index in [2.05, 4.69) is 0 Å². The predicted molar refractivity (Wildman–Crippen MR) is 102 cm³/mol. The van der Waals surface area contributed by atoms with Gasteiger partial charge in [-0.2, -0.15) is 0 Å². The van der Waals surface area contributed by atoms with Crippen molar-refractivity contribution in [2.45, 2.75) is 103 Å². The maximum absolute atomic E-state index is 10.0. The average Bonchev–Trinajstić information content (AvgIpc) is 2.60. The smallest absolute Gasteiger partial charge is 0.550 e. The standard InChI is InChI=1S/2C10H21NO2.Pd/c2*11-9-7-5-3-1-2-4-6-8-10(12)13;/h2*1-9,11H2,(H,12,13);/q;;+2/p-2. The van der Waals surface area contributed by atoms with Gasteiger partial charge in [-0.05, 0) is 51.6 Å². The molecule has 0 amide bonds. The minimum atomic E-state index is -0.928. The number of nitrogens with two attached hydrogens (primary N) is 2. The molecule has 6 nitrogen and oxygen atoms in total. The number of unbranched alkanes of at least 4 members (excludes halogenated alkanes) is 12. The molecule has 164 valence electrons. The van der Waals surface area contributed by atoms with Gasteiger partial charge in [-0.3, -0.25) is 0 Å². The molecule has 0 fully saturated rings. The molecule has 0 aliphatic carbocycles. The minimum Gasteiger partial charge on any atom is -0.550 e. The number of hydrogen-bond acceptors (Lipinski definition) is 6. The van der Waals surface area contributed by atoms with Crippen LogP contribution in [0.3, 0.4) is 0 Å².